The van der Waals surface area contributed by atoms with Crippen LogP contribution < -0.4 is 16.8 Å². The number of rotatable bonds is 11. The van der Waals surface area contributed by atoms with Crippen molar-refractivity contribution in [1.29, 1.82) is 0 Å². The van der Waals surface area contributed by atoms with Crippen LogP contribution in [-0.2, 0) is 30.5 Å². The molecule has 3 saturated carbocycles. The van der Waals surface area contributed by atoms with Gasteiger partial charge in [-0.05, 0) is 67.1 Å². The lowest BCUT2D eigenvalue weighted by atomic mass is 9.44. The van der Waals surface area contributed by atoms with Gasteiger partial charge < -0.3 is 26.6 Å². The first-order chi connectivity index (χ1) is 20.7. The minimum atomic E-state index is -0.825. The number of primary amides is 1. The quantitative estimate of drug-likeness (QED) is 0.163. The molecular formula is C34H49N3O6S. The predicted molar refractivity (Wildman–Crippen MR) is 170 cm³/mol. The van der Waals surface area contributed by atoms with Crippen LogP contribution in [0.25, 0.3) is 0 Å². The Balaban J connectivity index is 1.47. The summed E-state index contributed by atoms with van der Waals surface area (Å²) in [5.74, 6) is -1.12. The predicted octanol–water partition coefficient (Wildman–Crippen LogP) is 3.89. The zero-order valence-electron chi connectivity index (χ0n) is 26.5. The van der Waals surface area contributed by atoms with E-state index >= 15 is 0 Å². The highest BCUT2D eigenvalue weighted by Crippen LogP contribution is 2.68. The molecule has 0 heterocycles. The van der Waals surface area contributed by atoms with Crippen molar-refractivity contribution >= 4 is 35.3 Å². The summed E-state index contributed by atoms with van der Waals surface area (Å²) in [6.07, 6.45) is 4.23. The molecule has 1 aromatic rings. The summed E-state index contributed by atoms with van der Waals surface area (Å²) >= 11 is 1.34. The molecule has 242 valence electrons. The molecule has 9 nitrogen and oxygen atoms in total. The molecule has 44 heavy (non-hydrogen) atoms. The number of ether oxygens (including phenoxy) is 1. The van der Waals surface area contributed by atoms with E-state index in [1.54, 1.807) is 6.08 Å². The van der Waals surface area contributed by atoms with Crippen molar-refractivity contribution in [2.24, 2.45) is 45.5 Å². The summed E-state index contributed by atoms with van der Waals surface area (Å²) in [6.45, 7) is 12.7. The van der Waals surface area contributed by atoms with E-state index in [1.165, 1.54) is 11.8 Å². The lowest BCUT2D eigenvalue weighted by Gasteiger charge is -2.61. The van der Waals surface area contributed by atoms with E-state index in [0.29, 0.717) is 12.8 Å². The van der Waals surface area contributed by atoms with Crippen molar-refractivity contribution in [3.8, 4) is 0 Å². The Kier molecular flexibility index (Phi) is 10.4. The van der Waals surface area contributed by atoms with Gasteiger partial charge in [0.05, 0.1) is 17.9 Å². The number of esters is 1. The molecule has 3 aliphatic carbocycles. The van der Waals surface area contributed by atoms with Gasteiger partial charge in [0.2, 0.25) is 11.8 Å². The fraction of sp³-hybridized carbons (Fsp3) is 0.647. The van der Waals surface area contributed by atoms with E-state index in [1.807, 2.05) is 31.2 Å². The van der Waals surface area contributed by atoms with Crippen LogP contribution in [-0.4, -0.2) is 52.7 Å². The van der Waals surface area contributed by atoms with E-state index in [9.17, 15) is 24.3 Å². The molecule has 10 heteroatoms. The van der Waals surface area contributed by atoms with Crippen molar-refractivity contribution < 1.29 is 29.0 Å². The molecule has 3 aliphatic rings. The lowest BCUT2D eigenvalue weighted by Crippen LogP contribution is -2.63. The van der Waals surface area contributed by atoms with Gasteiger partial charge in [-0.15, -0.1) is 18.3 Å². The zero-order chi connectivity index (χ0) is 32.4. The molecule has 6 N–H and O–H groups in total. The van der Waals surface area contributed by atoms with Crippen molar-refractivity contribution in [3.63, 3.8) is 0 Å². The number of amides is 2. The summed E-state index contributed by atoms with van der Waals surface area (Å²) in [5.41, 5.74) is 10.3. The van der Waals surface area contributed by atoms with Gasteiger partial charge in [-0.3, -0.25) is 19.2 Å². The first-order valence-electron chi connectivity index (χ1n) is 15.7. The fourth-order valence-electron chi connectivity index (χ4n) is 8.33. The third-order valence-electron chi connectivity index (χ3n) is 11.3. The van der Waals surface area contributed by atoms with Gasteiger partial charge in [-0.25, -0.2) is 0 Å². The topological polar surface area (TPSA) is 162 Å². The van der Waals surface area contributed by atoms with Crippen molar-refractivity contribution in [3.05, 3.63) is 42.5 Å². The Hall–Kier alpha value is -2.69. The van der Waals surface area contributed by atoms with Gasteiger partial charge in [-0.1, -0.05) is 45.9 Å². The average Bonchev–Trinajstić information content (AvgIpc) is 3.35. The van der Waals surface area contributed by atoms with E-state index in [2.05, 4.69) is 32.7 Å². The van der Waals surface area contributed by atoms with Crippen molar-refractivity contribution in [1.82, 2.24) is 5.32 Å². The van der Waals surface area contributed by atoms with Crippen LogP contribution in [0.15, 0.2) is 41.8 Å². The van der Waals surface area contributed by atoms with Gasteiger partial charge in [0.15, 0.2) is 0 Å². The maximum Gasteiger partial charge on any atom is 0.316 e. The van der Waals surface area contributed by atoms with Crippen LogP contribution in [0.1, 0.15) is 78.2 Å². The number of hydrogen-bond acceptors (Lipinski definition) is 8. The highest BCUT2D eigenvalue weighted by molar-refractivity contribution is 8.00. The molecular weight excluding hydrogens is 578 g/mol. The maximum atomic E-state index is 13.6. The monoisotopic (exact) mass is 627 g/mol. The maximum absolute atomic E-state index is 13.6. The molecule has 0 spiro atoms. The normalized spacial score (nSPS) is 35.5. The summed E-state index contributed by atoms with van der Waals surface area (Å²) in [4.78, 5) is 51.1. The second-order valence-electron chi connectivity index (χ2n) is 13.8. The third-order valence-corrected chi connectivity index (χ3v) is 12.3. The Morgan fingerprint density at radius 3 is 2.66 bits per heavy atom. The highest BCUT2D eigenvalue weighted by Gasteiger charge is 2.68. The van der Waals surface area contributed by atoms with Crippen LogP contribution in [0.2, 0.25) is 0 Å². The number of ketones is 1. The van der Waals surface area contributed by atoms with E-state index in [4.69, 9.17) is 16.2 Å². The molecule has 0 saturated heterocycles. The van der Waals surface area contributed by atoms with Crippen LogP contribution in [0.4, 0.5) is 0 Å². The van der Waals surface area contributed by atoms with Gasteiger partial charge in [0.1, 0.15) is 11.9 Å². The van der Waals surface area contributed by atoms with Gasteiger partial charge in [-0.2, -0.15) is 0 Å². The minimum absolute atomic E-state index is 0.0418. The van der Waals surface area contributed by atoms with Crippen LogP contribution in [0, 0.1) is 34.0 Å². The van der Waals surface area contributed by atoms with E-state index < -0.39 is 35.0 Å². The number of hydrogen-bond donors (Lipinski definition) is 4. The van der Waals surface area contributed by atoms with Gasteiger partial charge in [0.25, 0.3) is 0 Å². The average molecular weight is 628 g/mol. The number of nitrogens with one attached hydrogen (secondary N) is 1. The minimum Gasteiger partial charge on any atom is -0.461 e. The molecule has 1 aromatic carbocycles. The van der Waals surface area contributed by atoms with E-state index in [0.717, 1.165) is 29.7 Å². The Labute approximate surface area is 265 Å². The Morgan fingerprint density at radius 2 is 1.98 bits per heavy atom. The molecule has 3 fully saturated rings. The molecule has 9 atom stereocenters. The molecule has 2 bridgehead atoms. The Morgan fingerprint density at radius 1 is 1.25 bits per heavy atom. The highest BCUT2D eigenvalue weighted by atomic mass is 32.2. The SMILES string of the molecule is C=C[C@]1(C)C[C@@H](OC(=O)CSc2cccc(CNC(=O)[C@H](N)CCC(N)=O)c2)[C@]2(C)C(C)CCC3(CCC(=O)C32)[C@@H](C)[C@@H]1O. The summed E-state index contributed by atoms with van der Waals surface area (Å²) in [7, 11) is 0. The summed E-state index contributed by atoms with van der Waals surface area (Å²) in [5, 5.41) is 14.5. The second kappa shape index (κ2) is 13.3. The summed E-state index contributed by atoms with van der Waals surface area (Å²) in [6, 6.07) is 6.68. The molecule has 3 unspecified atom stereocenters. The first-order valence-corrected chi connectivity index (χ1v) is 16.7. The number of nitrogens with two attached hydrogens (primary N) is 2. The number of aliphatic hydroxyl groups is 1. The number of thioether (sulfide) groups is 1. The van der Waals surface area contributed by atoms with Crippen LogP contribution >= 0.6 is 11.8 Å². The smallest absolute Gasteiger partial charge is 0.316 e. The number of benzene rings is 1. The van der Waals surface area contributed by atoms with Gasteiger partial charge >= 0.3 is 5.97 Å². The fourth-order valence-corrected chi connectivity index (χ4v) is 9.09. The lowest BCUT2D eigenvalue weighted by molar-refractivity contribution is -0.205. The van der Waals surface area contributed by atoms with Crippen molar-refractivity contribution in [2.75, 3.05) is 5.75 Å². The van der Waals surface area contributed by atoms with Crippen LogP contribution in [0.5, 0.6) is 0 Å². The second-order valence-corrected chi connectivity index (χ2v) is 14.9. The molecule has 0 radical (unpaired) electrons. The molecule has 2 amide bonds. The molecule has 0 aliphatic heterocycles. The number of carbonyl (C=O) groups excluding carboxylic acids is 4. The molecule has 4 rings (SSSR count). The van der Waals surface area contributed by atoms with E-state index in [-0.39, 0.29) is 66.0 Å². The Bertz CT molecular complexity index is 1290. The van der Waals surface area contributed by atoms with Gasteiger partial charge in [0, 0.05) is 41.0 Å². The number of carbonyl (C=O) groups is 4. The largest absolute Gasteiger partial charge is 0.461 e. The first kappa shape index (κ1) is 34.2. The third kappa shape index (κ3) is 6.49. The van der Waals surface area contributed by atoms with Crippen molar-refractivity contribution in [2.45, 2.75) is 102 Å². The number of aliphatic hydroxyl groups excluding tert-OH is 1. The standard InChI is InChI=1S/C34H49N3O6S/c1-6-32(4)17-26(33(5)20(2)12-14-34(21(3)30(32)41)15-13-25(38)29(33)34)43-28(40)19-44-23-9-7-8-22(16-23)18-37-31(42)24(35)10-11-27(36)39/h6-9,16,20-21,24,26,29-30,41H,1,10-15,17-19,35H2,2-5H3,(H2,36,39)(H,37,42)/t20?,21-,24+,26+,29?,30-,32+,33-,34?/m0/s1. The zero-order valence-corrected chi connectivity index (χ0v) is 27.3. The van der Waals surface area contributed by atoms with Crippen LogP contribution in [0.3, 0.4) is 0 Å². The summed E-state index contributed by atoms with van der Waals surface area (Å²) < 4.78 is 6.34. The number of Topliss-reactive ketones (excluding diaryl/α,β-unsaturated/α-hetero) is 1. The molecule has 0 aromatic heterocycles.